The van der Waals surface area contributed by atoms with Crippen molar-refractivity contribution in [3.05, 3.63) is 48.3 Å². The van der Waals surface area contributed by atoms with Gasteiger partial charge >= 0.3 is 0 Å². The van der Waals surface area contributed by atoms with E-state index >= 15 is 0 Å². The maximum atomic E-state index is 10.1. The van der Waals surface area contributed by atoms with E-state index in [1.54, 1.807) is 0 Å². The van der Waals surface area contributed by atoms with Gasteiger partial charge in [-0.05, 0) is 31.9 Å². The van der Waals surface area contributed by atoms with Gasteiger partial charge in [0.15, 0.2) is 0 Å². The molecule has 0 spiro atoms. The van der Waals surface area contributed by atoms with Crippen LogP contribution >= 0.6 is 0 Å². The number of hydrogen-bond donors (Lipinski definition) is 2. The second-order valence-electron chi connectivity index (χ2n) is 5.90. The molecule has 1 aromatic heterocycles. The summed E-state index contributed by atoms with van der Waals surface area (Å²) < 4.78 is 1.89. The summed E-state index contributed by atoms with van der Waals surface area (Å²) in [6.45, 7) is 2.13. The predicted octanol–water partition coefficient (Wildman–Crippen LogP) is 2.83. The van der Waals surface area contributed by atoms with Gasteiger partial charge in [-0.2, -0.15) is 5.10 Å². The molecule has 2 aromatic rings. The molecule has 4 heteroatoms. The van der Waals surface area contributed by atoms with E-state index in [4.69, 9.17) is 0 Å². The zero-order valence-electron chi connectivity index (χ0n) is 12.4. The zero-order valence-corrected chi connectivity index (χ0v) is 12.4. The van der Waals surface area contributed by atoms with E-state index in [0.29, 0.717) is 0 Å². The molecule has 2 N–H and O–H groups in total. The first-order valence-corrected chi connectivity index (χ1v) is 7.78. The number of aromatic nitrogens is 2. The molecule has 0 aliphatic heterocycles. The molecule has 1 aromatic carbocycles. The molecule has 3 atom stereocenters. The highest BCUT2D eigenvalue weighted by Crippen LogP contribution is 2.22. The average Bonchev–Trinajstić information content (AvgIpc) is 3.00. The lowest BCUT2D eigenvalue weighted by Gasteiger charge is -2.30. The Kier molecular flexibility index (Phi) is 4.36. The van der Waals surface area contributed by atoms with Crippen LogP contribution in [-0.4, -0.2) is 27.0 Å². The molecule has 0 amide bonds. The van der Waals surface area contributed by atoms with Crippen LogP contribution in [0.5, 0.6) is 0 Å². The third kappa shape index (κ3) is 3.34. The molecule has 1 heterocycles. The van der Waals surface area contributed by atoms with Crippen LogP contribution in [0.3, 0.4) is 0 Å². The molecule has 112 valence electrons. The second-order valence-corrected chi connectivity index (χ2v) is 5.90. The fourth-order valence-corrected chi connectivity index (χ4v) is 3.01. The monoisotopic (exact) mass is 285 g/mol. The van der Waals surface area contributed by atoms with Crippen LogP contribution < -0.4 is 5.32 Å². The number of nitrogens with one attached hydrogen (secondary N) is 1. The lowest BCUT2D eigenvalue weighted by Crippen LogP contribution is -2.43. The Bertz CT molecular complexity index is 566. The average molecular weight is 285 g/mol. The second kappa shape index (κ2) is 6.41. The highest BCUT2D eigenvalue weighted by Gasteiger charge is 2.24. The van der Waals surface area contributed by atoms with Gasteiger partial charge in [0.25, 0.3) is 0 Å². The van der Waals surface area contributed by atoms with E-state index < -0.39 is 0 Å². The Labute approximate surface area is 125 Å². The lowest BCUT2D eigenvalue weighted by molar-refractivity contribution is 0.0860. The summed E-state index contributed by atoms with van der Waals surface area (Å²) in [4.78, 5) is 0. The molecular weight excluding hydrogens is 262 g/mol. The minimum Gasteiger partial charge on any atom is -0.392 e. The maximum Gasteiger partial charge on any atom is 0.0693 e. The largest absolute Gasteiger partial charge is 0.392 e. The molecule has 1 aliphatic rings. The molecule has 4 nitrogen and oxygen atoms in total. The standard InChI is InChI=1S/C17H23N3O/c1-13(19-16-9-5-6-10-17(16)21)14-11-18-20(12-14)15-7-3-2-4-8-15/h2-4,7-8,11-13,16-17,19,21H,5-6,9-10H2,1H3. The summed E-state index contributed by atoms with van der Waals surface area (Å²) in [6, 6.07) is 10.5. The molecule has 0 radical (unpaired) electrons. The molecular formula is C17H23N3O. The van der Waals surface area contributed by atoms with Crippen molar-refractivity contribution in [1.29, 1.82) is 0 Å². The van der Waals surface area contributed by atoms with Crippen molar-refractivity contribution >= 4 is 0 Å². The van der Waals surface area contributed by atoms with Crippen LogP contribution in [-0.2, 0) is 0 Å². The van der Waals surface area contributed by atoms with Gasteiger partial charge in [-0.1, -0.05) is 31.0 Å². The highest BCUT2D eigenvalue weighted by molar-refractivity contribution is 5.31. The predicted molar refractivity (Wildman–Crippen MR) is 83.4 cm³/mol. The first-order valence-electron chi connectivity index (χ1n) is 7.78. The Morgan fingerprint density at radius 2 is 2.00 bits per heavy atom. The number of hydrogen-bond acceptors (Lipinski definition) is 3. The molecule has 1 aliphatic carbocycles. The van der Waals surface area contributed by atoms with E-state index in [2.05, 4.69) is 23.5 Å². The molecule has 0 bridgehead atoms. The summed E-state index contributed by atoms with van der Waals surface area (Å²) in [6.07, 6.45) is 8.05. The van der Waals surface area contributed by atoms with Crippen LogP contribution in [0.4, 0.5) is 0 Å². The van der Waals surface area contributed by atoms with Gasteiger partial charge in [0.05, 0.1) is 18.0 Å². The summed E-state index contributed by atoms with van der Waals surface area (Å²) in [5.74, 6) is 0. The third-order valence-corrected chi connectivity index (χ3v) is 4.32. The Morgan fingerprint density at radius 1 is 1.24 bits per heavy atom. The molecule has 3 rings (SSSR count). The highest BCUT2D eigenvalue weighted by atomic mass is 16.3. The van der Waals surface area contributed by atoms with Crippen LogP contribution in [0, 0.1) is 0 Å². The van der Waals surface area contributed by atoms with Crippen LogP contribution in [0.1, 0.15) is 44.2 Å². The van der Waals surface area contributed by atoms with Crippen LogP contribution in [0.2, 0.25) is 0 Å². The fraction of sp³-hybridized carbons (Fsp3) is 0.471. The van der Waals surface area contributed by atoms with Gasteiger partial charge < -0.3 is 10.4 Å². The maximum absolute atomic E-state index is 10.1. The first kappa shape index (κ1) is 14.3. The van der Waals surface area contributed by atoms with Crippen molar-refractivity contribution in [2.75, 3.05) is 0 Å². The van der Waals surface area contributed by atoms with Crippen molar-refractivity contribution in [3.8, 4) is 5.69 Å². The Morgan fingerprint density at radius 3 is 2.76 bits per heavy atom. The minimum absolute atomic E-state index is 0.195. The number of nitrogens with zero attached hydrogens (tertiary/aromatic N) is 2. The topological polar surface area (TPSA) is 50.1 Å². The number of aliphatic hydroxyl groups is 1. The van der Waals surface area contributed by atoms with Gasteiger partial charge in [0.1, 0.15) is 0 Å². The number of para-hydroxylation sites is 1. The van der Waals surface area contributed by atoms with E-state index in [-0.39, 0.29) is 18.2 Å². The van der Waals surface area contributed by atoms with E-state index in [1.165, 1.54) is 6.42 Å². The van der Waals surface area contributed by atoms with Crippen molar-refractivity contribution in [2.24, 2.45) is 0 Å². The summed E-state index contributed by atoms with van der Waals surface area (Å²) in [7, 11) is 0. The van der Waals surface area contributed by atoms with E-state index in [9.17, 15) is 5.11 Å². The molecule has 3 unspecified atom stereocenters. The SMILES string of the molecule is CC(NC1CCCCC1O)c1cnn(-c2ccccc2)c1. The van der Waals surface area contributed by atoms with Crippen molar-refractivity contribution in [3.63, 3.8) is 0 Å². The lowest BCUT2D eigenvalue weighted by atomic mass is 9.92. The molecule has 0 saturated heterocycles. The van der Waals surface area contributed by atoms with Crippen LogP contribution in [0.25, 0.3) is 5.69 Å². The van der Waals surface area contributed by atoms with Gasteiger partial charge in [-0.25, -0.2) is 4.68 Å². The molecule has 1 fully saturated rings. The van der Waals surface area contributed by atoms with E-state index in [1.807, 2.05) is 41.2 Å². The number of aliphatic hydroxyl groups excluding tert-OH is 1. The quantitative estimate of drug-likeness (QED) is 0.908. The molecule has 1 saturated carbocycles. The van der Waals surface area contributed by atoms with Crippen molar-refractivity contribution < 1.29 is 5.11 Å². The Balaban J connectivity index is 1.68. The minimum atomic E-state index is -0.217. The summed E-state index contributed by atoms with van der Waals surface area (Å²) in [5.41, 5.74) is 2.21. The Hall–Kier alpha value is -1.65. The van der Waals surface area contributed by atoms with Crippen LogP contribution in [0.15, 0.2) is 42.7 Å². The van der Waals surface area contributed by atoms with Gasteiger partial charge in [0.2, 0.25) is 0 Å². The van der Waals surface area contributed by atoms with Gasteiger partial charge in [-0.3, -0.25) is 0 Å². The number of benzene rings is 1. The van der Waals surface area contributed by atoms with Crippen molar-refractivity contribution in [1.82, 2.24) is 15.1 Å². The zero-order chi connectivity index (χ0) is 14.7. The summed E-state index contributed by atoms with van der Waals surface area (Å²) in [5, 5.41) is 18.0. The third-order valence-electron chi connectivity index (χ3n) is 4.32. The summed E-state index contributed by atoms with van der Waals surface area (Å²) >= 11 is 0. The van der Waals surface area contributed by atoms with Crippen molar-refractivity contribution in [2.45, 2.75) is 50.8 Å². The van der Waals surface area contributed by atoms with E-state index in [0.717, 1.165) is 30.5 Å². The number of rotatable bonds is 4. The van der Waals surface area contributed by atoms with Gasteiger partial charge in [0, 0.05) is 23.8 Å². The first-order chi connectivity index (χ1) is 10.2. The smallest absolute Gasteiger partial charge is 0.0693 e. The molecule has 21 heavy (non-hydrogen) atoms. The van der Waals surface area contributed by atoms with Gasteiger partial charge in [-0.15, -0.1) is 0 Å². The normalized spacial score (nSPS) is 23.9. The fourth-order valence-electron chi connectivity index (χ4n) is 3.01.